The zero-order chi connectivity index (χ0) is 16.3. The van der Waals surface area contributed by atoms with Crippen LogP contribution in [0.3, 0.4) is 0 Å². The maximum atomic E-state index is 11.1. The first-order chi connectivity index (χ1) is 11.0. The molecule has 126 valence electrons. The Morgan fingerprint density at radius 3 is 2.57 bits per heavy atom. The van der Waals surface area contributed by atoms with Gasteiger partial charge in [-0.05, 0) is 30.5 Å². The second-order valence-corrected chi connectivity index (χ2v) is 7.04. The van der Waals surface area contributed by atoms with E-state index in [0.717, 1.165) is 17.9 Å². The fraction of sp³-hybridized carbons (Fsp3) is 0.611. The molecule has 1 aliphatic heterocycles. The van der Waals surface area contributed by atoms with Gasteiger partial charge in [0.15, 0.2) is 12.3 Å². The van der Waals surface area contributed by atoms with Gasteiger partial charge in [-0.2, -0.15) is 0 Å². The number of rotatable bonds is 5. The van der Waals surface area contributed by atoms with Gasteiger partial charge in [-0.25, -0.2) is 4.79 Å². The quantitative estimate of drug-likeness (QED) is 0.875. The lowest BCUT2D eigenvalue weighted by Gasteiger charge is -2.33. The predicted molar refractivity (Wildman–Crippen MR) is 86.2 cm³/mol. The molecule has 1 aromatic rings. The summed E-state index contributed by atoms with van der Waals surface area (Å²) >= 11 is 0. The lowest BCUT2D eigenvalue weighted by molar-refractivity contribution is 0.0571. The fourth-order valence-corrected chi connectivity index (χ4v) is 3.36. The molecule has 1 aliphatic carbocycles. The van der Waals surface area contributed by atoms with Crippen LogP contribution in [-0.4, -0.2) is 30.1 Å². The number of carbonyl (C=O) groups is 1. The Morgan fingerprint density at radius 1 is 1.26 bits per heavy atom. The zero-order valence-corrected chi connectivity index (χ0v) is 13.6. The van der Waals surface area contributed by atoms with Crippen molar-refractivity contribution in [1.29, 1.82) is 0 Å². The van der Waals surface area contributed by atoms with E-state index in [4.69, 9.17) is 9.47 Å². The molecule has 5 nitrogen and oxygen atoms in total. The smallest absolute Gasteiger partial charge is 0.409 e. The summed E-state index contributed by atoms with van der Waals surface area (Å²) in [6, 6.07) is 7.80. The highest BCUT2D eigenvalue weighted by atomic mass is 16.6. The molecule has 2 fully saturated rings. The van der Waals surface area contributed by atoms with E-state index in [1.807, 2.05) is 24.3 Å². The van der Waals surface area contributed by atoms with Crippen LogP contribution in [0.1, 0.15) is 44.6 Å². The lowest BCUT2D eigenvalue weighted by atomic mass is 9.76. The molecule has 1 amide bonds. The number of hydrogen-bond donors (Lipinski definition) is 2. The Bertz CT molecular complexity index is 536. The Balaban J connectivity index is 1.52. The van der Waals surface area contributed by atoms with Crippen LogP contribution in [-0.2, 0) is 11.2 Å². The van der Waals surface area contributed by atoms with Crippen molar-refractivity contribution >= 4 is 6.09 Å². The molecular formula is C18H25NO4. The molecule has 1 saturated heterocycles. The Hall–Kier alpha value is -1.75. The van der Waals surface area contributed by atoms with Gasteiger partial charge in [-0.3, -0.25) is 5.32 Å². The van der Waals surface area contributed by atoms with E-state index >= 15 is 0 Å². The molecule has 0 spiro atoms. The van der Waals surface area contributed by atoms with Crippen molar-refractivity contribution in [2.45, 2.75) is 57.8 Å². The summed E-state index contributed by atoms with van der Waals surface area (Å²) < 4.78 is 11.0. The van der Waals surface area contributed by atoms with Gasteiger partial charge < -0.3 is 14.6 Å². The summed E-state index contributed by atoms with van der Waals surface area (Å²) in [6.07, 6.45) is 4.87. The third-order valence-corrected chi connectivity index (χ3v) is 4.88. The van der Waals surface area contributed by atoms with E-state index in [0.29, 0.717) is 11.8 Å². The molecule has 2 unspecified atom stereocenters. The van der Waals surface area contributed by atoms with E-state index in [1.54, 1.807) is 0 Å². The number of benzene rings is 1. The van der Waals surface area contributed by atoms with Gasteiger partial charge in [-0.1, -0.05) is 38.3 Å². The van der Waals surface area contributed by atoms with E-state index in [1.165, 1.54) is 32.1 Å². The van der Waals surface area contributed by atoms with Crippen molar-refractivity contribution in [3.8, 4) is 5.75 Å². The predicted octanol–water partition coefficient (Wildman–Crippen LogP) is 3.01. The molecule has 0 bridgehead atoms. The standard InChI is InChI=1S/C18H25NO4/c1-18(9-3-2-4-10-18)12-22-14-7-5-13(6-8-14)11-15-16(20)19-17(21)23-15/h5-8,15-16,20H,2-4,9-12H2,1H3,(H,19,21). The van der Waals surface area contributed by atoms with Crippen LogP contribution >= 0.6 is 0 Å². The van der Waals surface area contributed by atoms with Gasteiger partial charge in [0.2, 0.25) is 0 Å². The third kappa shape index (κ3) is 4.16. The number of aliphatic hydroxyl groups excluding tert-OH is 1. The summed E-state index contributed by atoms with van der Waals surface area (Å²) in [5.41, 5.74) is 1.30. The van der Waals surface area contributed by atoms with Gasteiger partial charge in [-0.15, -0.1) is 0 Å². The molecule has 23 heavy (non-hydrogen) atoms. The molecule has 1 aromatic carbocycles. The number of alkyl carbamates (subject to hydrolysis) is 1. The molecule has 1 saturated carbocycles. The van der Waals surface area contributed by atoms with Crippen molar-refractivity contribution in [3.05, 3.63) is 29.8 Å². The average Bonchev–Trinajstić information content (AvgIpc) is 2.85. The van der Waals surface area contributed by atoms with Crippen LogP contribution < -0.4 is 10.1 Å². The average molecular weight is 319 g/mol. The lowest BCUT2D eigenvalue weighted by Crippen LogP contribution is -2.32. The Labute approximate surface area is 137 Å². The molecule has 5 heteroatoms. The summed E-state index contributed by atoms with van der Waals surface area (Å²) in [6.45, 7) is 3.07. The summed E-state index contributed by atoms with van der Waals surface area (Å²) in [7, 11) is 0. The van der Waals surface area contributed by atoms with Gasteiger partial charge in [0.1, 0.15) is 5.75 Å². The van der Waals surface area contributed by atoms with Crippen molar-refractivity contribution in [2.75, 3.05) is 6.61 Å². The van der Waals surface area contributed by atoms with Crippen molar-refractivity contribution in [1.82, 2.24) is 5.32 Å². The maximum Gasteiger partial charge on any atom is 0.409 e. The second kappa shape index (κ2) is 6.79. The monoisotopic (exact) mass is 319 g/mol. The second-order valence-electron chi connectivity index (χ2n) is 7.04. The summed E-state index contributed by atoms with van der Waals surface area (Å²) in [5.74, 6) is 0.864. The number of ether oxygens (including phenoxy) is 2. The van der Waals surface area contributed by atoms with E-state index in [-0.39, 0.29) is 0 Å². The highest BCUT2D eigenvalue weighted by Crippen LogP contribution is 2.36. The van der Waals surface area contributed by atoms with Crippen LogP contribution in [0, 0.1) is 5.41 Å². The van der Waals surface area contributed by atoms with Gasteiger partial charge in [0, 0.05) is 11.8 Å². The molecule has 2 atom stereocenters. The zero-order valence-electron chi connectivity index (χ0n) is 13.6. The molecule has 2 N–H and O–H groups in total. The Kier molecular flexibility index (Phi) is 4.76. The van der Waals surface area contributed by atoms with Crippen molar-refractivity contribution in [3.63, 3.8) is 0 Å². The topological polar surface area (TPSA) is 67.8 Å². The first kappa shape index (κ1) is 16.1. The fourth-order valence-electron chi connectivity index (χ4n) is 3.36. The molecule has 1 heterocycles. The van der Waals surface area contributed by atoms with Crippen LogP contribution in [0.5, 0.6) is 5.75 Å². The molecule has 0 radical (unpaired) electrons. The number of nitrogens with one attached hydrogen (secondary N) is 1. The molecule has 0 aromatic heterocycles. The minimum absolute atomic E-state index is 0.296. The summed E-state index contributed by atoms with van der Waals surface area (Å²) in [4.78, 5) is 11.1. The highest BCUT2D eigenvalue weighted by molar-refractivity contribution is 5.69. The SMILES string of the molecule is CC1(COc2ccc(CC3OC(=O)NC3O)cc2)CCCCC1. The van der Waals surface area contributed by atoms with Crippen LogP contribution in [0.4, 0.5) is 4.79 Å². The summed E-state index contributed by atoms with van der Waals surface area (Å²) in [5, 5.41) is 12.0. The van der Waals surface area contributed by atoms with E-state index < -0.39 is 18.4 Å². The molecule has 3 rings (SSSR count). The van der Waals surface area contributed by atoms with Crippen LogP contribution in [0.25, 0.3) is 0 Å². The van der Waals surface area contributed by atoms with Crippen LogP contribution in [0.2, 0.25) is 0 Å². The minimum atomic E-state index is -0.940. The Morgan fingerprint density at radius 2 is 1.96 bits per heavy atom. The number of carbonyl (C=O) groups excluding carboxylic acids is 1. The first-order valence-corrected chi connectivity index (χ1v) is 8.41. The van der Waals surface area contributed by atoms with Crippen molar-refractivity contribution < 1.29 is 19.4 Å². The number of cyclic esters (lactones) is 1. The number of hydrogen-bond acceptors (Lipinski definition) is 4. The maximum absolute atomic E-state index is 11.1. The number of aliphatic hydroxyl groups is 1. The minimum Gasteiger partial charge on any atom is -0.493 e. The molecular weight excluding hydrogens is 294 g/mol. The first-order valence-electron chi connectivity index (χ1n) is 8.41. The highest BCUT2D eigenvalue weighted by Gasteiger charge is 2.32. The number of amides is 1. The van der Waals surface area contributed by atoms with Crippen molar-refractivity contribution in [2.24, 2.45) is 5.41 Å². The van der Waals surface area contributed by atoms with E-state index in [9.17, 15) is 9.90 Å². The largest absolute Gasteiger partial charge is 0.493 e. The molecule has 2 aliphatic rings. The van der Waals surface area contributed by atoms with Gasteiger partial charge in [0.05, 0.1) is 6.61 Å². The van der Waals surface area contributed by atoms with E-state index in [2.05, 4.69) is 12.2 Å². The van der Waals surface area contributed by atoms with Gasteiger partial charge in [0.25, 0.3) is 0 Å². The third-order valence-electron chi connectivity index (χ3n) is 4.88. The van der Waals surface area contributed by atoms with Gasteiger partial charge >= 0.3 is 6.09 Å². The van der Waals surface area contributed by atoms with Crippen LogP contribution in [0.15, 0.2) is 24.3 Å². The normalized spacial score (nSPS) is 26.4.